The summed E-state index contributed by atoms with van der Waals surface area (Å²) in [6, 6.07) is 17.6. The molecule has 2 rings (SSSR count). The van der Waals surface area contributed by atoms with E-state index in [-0.39, 0.29) is 6.04 Å². The molecule has 1 nitrogen and oxygen atoms in total. The summed E-state index contributed by atoms with van der Waals surface area (Å²) in [7, 11) is 0. The molecular weight excluding hydrogens is 274 g/mol. The molecule has 1 unspecified atom stereocenters. The van der Waals surface area contributed by atoms with Crippen molar-refractivity contribution < 1.29 is 0 Å². The van der Waals surface area contributed by atoms with Crippen molar-refractivity contribution in [3.05, 3.63) is 65.2 Å². The summed E-state index contributed by atoms with van der Waals surface area (Å²) < 4.78 is 0. The highest BCUT2D eigenvalue weighted by Gasteiger charge is 2.07. The van der Waals surface area contributed by atoms with Crippen molar-refractivity contribution in [2.24, 2.45) is 5.73 Å². The first kappa shape index (κ1) is 16.1. The molecule has 21 heavy (non-hydrogen) atoms. The maximum absolute atomic E-state index is 6.29. The molecule has 0 radical (unpaired) electrons. The molecule has 0 spiro atoms. The Hall–Kier alpha value is -1.25. The van der Waals surface area contributed by atoms with Gasteiger partial charge < -0.3 is 5.73 Å². The van der Waals surface area contributed by atoms with Crippen LogP contribution in [0.3, 0.4) is 0 Å². The molecule has 0 bridgehead atoms. The SMILES string of the molecule is CCc1ccc(C(N)CSc2ccc(C(C)C)cc2)cc1. The highest BCUT2D eigenvalue weighted by Crippen LogP contribution is 2.25. The lowest BCUT2D eigenvalue weighted by Crippen LogP contribution is -2.12. The highest BCUT2D eigenvalue weighted by atomic mass is 32.2. The topological polar surface area (TPSA) is 26.0 Å². The second-order valence-corrected chi connectivity index (χ2v) is 6.83. The molecular formula is C19H25NS. The first-order chi connectivity index (χ1) is 10.1. The fourth-order valence-electron chi connectivity index (χ4n) is 2.23. The number of aryl methyl sites for hydroxylation is 1. The van der Waals surface area contributed by atoms with Crippen molar-refractivity contribution in [1.82, 2.24) is 0 Å². The zero-order valence-corrected chi connectivity index (χ0v) is 14.0. The molecule has 0 aliphatic rings. The number of benzene rings is 2. The minimum atomic E-state index is 0.0886. The monoisotopic (exact) mass is 299 g/mol. The molecule has 1 atom stereocenters. The van der Waals surface area contributed by atoms with Crippen LogP contribution in [0.15, 0.2) is 53.4 Å². The zero-order chi connectivity index (χ0) is 15.2. The second-order valence-electron chi connectivity index (χ2n) is 5.74. The van der Waals surface area contributed by atoms with Crippen LogP contribution in [0.25, 0.3) is 0 Å². The minimum Gasteiger partial charge on any atom is -0.323 e. The average Bonchev–Trinajstić information content (AvgIpc) is 2.53. The van der Waals surface area contributed by atoms with Crippen molar-refractivity contribution in [3.63, 3.8) is 0 Å². The maximum atomic E-state index is 6.29. The molecule has 0 heterocycles. The Morgan fingerprint density at radius 3 is 2.00 bits per heavy atom. The molecule has 112 valence electrons. The Morgan fingerprint density at radius 2 is 1.48 bits per heavy atom. The average molecular weight is 299 g/mol. The summed E-state index contributed by atoms with van der Waals surface area (Å²) >= 11 is 1.83. The Labute approximate surface area is 133 Å². The van der Waals surface area contributed by atoms with Gasteiger partial charge in [0.1, 0.15) is 0 Å². The van der Waals surface area contributed by atoms with Crippen LogP contribution < -0.4 is 5.73 Å². The van der Waals surface area contributed by atoms with Gasteiger partial charge in [0.15, 0.2) is 0 Å². The van der Waals surface area contributed by atoms with E-state index < -0.39 is 0 Å². The van der Waals surface area contributed by atoms with Crippen LogP contribution in [0, 0.1) is 0 Å². The Bertz CT molecular complexity index is 543. The van der Waals surface area contributed by atoms with Gasteiger partial charge in [0.25, 0.3) is 0 Å². The molecule has 0 fully saturated rings. The molecule has 2 N–H and O–H groups in total. The van der Waals surface area contributed by atoms with Crippen molar-refractivity contribution >= 4 is 11.8 Å². The predicted molar refractivity (Wildman–Crippen MR) is 94.0 cm³/mol. The third-order valence-electron chi connectivity index (χ3n) is 3.79. The van der Waals surface area contributed by atoms with Crippen LogP contribution in [-0.4, -0.2) is 5.75 Å². The lowest BCUT2D eigenvalue weighted by Gasteiger charge is -2.13. The standard InChI is InChI=1S/C19H25NS/c1-4-15-5-7-17(8-6-15)19(20)13-21-18-11-9-16(10-12-18)14(2)3/h5-12,14,19H,4,13,20H2,1-3H3. The van der Waals surface area contributed by atoms with E-state index in [1.54, 1.807) is 0 Å². The largest absolute Gasteiger partial charge is 0.323 e. The first-order valence-electron chi connectivity index (χ1n) is 7.67. The van der Waals surface area contributed by atoms with Crippen LogP contribution in [-0.2, 0) is 6.42 Å². The lowest BCUT2D eigenvalue weighted by atomic mass is 10.0. The molecule has 0 amide bonds. The van der Waals surface area contributed by atoms with E-state index in [1.165, 1.54) is 21.6 Å². The number of hydrogen-bond donors (Lipinski definition) is 1. The van der Waals surface area contributed by atoms with E-state index in [2.05, 4.69) is 69.3 Å². The third kappa shape index (κ3) is 4.62. The van der Waals surface area contributed by atoms with E-state index in [9.17, 15) is 0 Å². The van der Waals surface area contributed by atoms with Gasteiger partial charge >= 0.3 is 0 Å². The summed E-state index contributed by atoms with van der Waals surface area (Å²) in [4.78, 5) is 1.29. The number of nitrogens with two attached hydrogens (primary N) is 1. The summed E-state index contributed by atoms with van der Waals surface area (Å²) in [6.45, 7) is 6.61. The van der Waals surface area contributed by atoms with Crippen LogP contribution in [0.5, 0.6) is 0 Å². The van der Waals surface area contributed by atoms with Gasteiger partial charge in [-0.2, -0.15) is 0 Å². The third-order valence-corrected chi connectivity index (χ3v) is 4.92. The summed E-state index contributed by atoms with van der Waals surface area (Å²) in [5, 5.41) is 0. The van der Waals surface area contributed by atoms with E-state index in [0.717, 1.165) is 12.2 Å². The Balaban J connectivity index is 1.92. The van der Waals surface area contributed by atoms with Crippen LogP contribution in [0.2, 0.25) is 0 Å². The molecule has 0 aliphatic carbocycles. The number of rotatable bonds is 6. The van der Waals surface area contributed by atoms with Crippen LogP contribution in [0.1, 0.15) is 49.4 Å². The van der Waals surface area contributed by atoms with Crippen molar-refractivity contribution in [1.29, 1.82) is 0 Å². The minimum absolute atomic E-state index is 0.0886. The summed E-state index contributed by atoms with van der Waals surface area (Å²) in [6.07, 6.45) is 1.08. The first-order valence-corrected chi connectivity index (χ1v) is 8.66. The summed E-state index contributed by atoms with van der Waals surface area (Å²) in [5.41, 5.74) is 10.3. The number of thioether (sulfide) groups is 1. The fourth-order valence-corrected chi connectivity index (χ4v) is 3.12. The van der Waals surface area contributed by atoms with Gasteiger partial charge in [0.05, 0.1) is 0 Å². The second kappa shape index (κ2) is 7.67. The zero-order valence-electron chi connectivity index (χ0n) is 13.2. The van der Waals surface area contributed by atoms with Gasteiger partial charge in [-0.3, -0.25) is 0 Å². The summed E-state index contributed by atoms with van der Waals surface area (Å²) in [5.74, 6) is 1.50. The Morgan fingerprint density at radius 1 is 0.905 bits per heavy atom. The van der Waals surface area contributed by atoms with E-state index in [0.29, 0.717) is 5.92 Å². The van der Waals surface area contributed by atoms with Crippen molar-refractivity contribution in [2.75, 3.05) is 5.75 Å². The lowest BCUT2D eigenvalue weighted by molar-refractivity contribution is 0.829. The van der Waals surface area contributed by atoms with Gasteiger partial charge in [0.2, 0.25) is 0 Å². The van der Waals surface area contributed by atoms with Gasteiger partial charge in [-0.25, -0.2) is 0 Å². The molecule has 0 saturated heterocycles. The quantitative estimate of drug-likeness (QED) is 0.745. The van der Waals surface area contributed by atoms with E-state index in [1.807, 2.05) is 11.8 Å². The van der Waals surface area contributed by atoms with Crippen LogP contribution in [0.4, 0.5) is 0 Å². The van der Waals surface area contributed by atoms with Gasteiger partial charge in [0, 0.05) is 16.7 Å². The molecule has 0 aliphatic heterocycles. The van der Waals surface area contributed by atoms with Gasteiger partial charge in [-0.1, -0.05) is 57.2 Å². The van der Waals surface area contributed by atoms with Crippen molar-refractivity contribution in [3.8, 4) is 0 Å². The molecule has 2 aromatic rings. The molecule has 2 heteroatoms. The number of hydrogen-bond acceptors (Lipinski definition) is 2. The smallest absolute Gasteiger partial charge is 0.0390 e. The predicted octanol–water partition coefficient (Wildman–Crippen LogP) is 5.16. The van der Waals surface area contributed by atoms with Gasteiger partial charge in [-0.05, 0) is 41.2 Å². The molecule has 0 aromatic heterocycles. The van der Waals surface area contributed by atoms with Crippen molar-refractivity contribution in [2.45, 2.75) is 44.0 Å². The molecule has 2 aromatic carbocycles. The van der Waals surface area contributed by atoms with Crippen LogP contribution >= 0.6 is 11.8 Å². The highest BCUT2D eigenvalue weighted by molar-refractivity contribution is 7.99. The van der Waals surface area contributed by atoms with Gasteiger partial charge in [-0.15, -0.1) is 11.8 Å². The van der Waals surface area contributed by atoms with E-state index >= 15 is 0 Å². The Kier molecular flexibility index (Phi) is 5.89. The van der Waals surface area contributed by atoms with E-state index in [4.69, 9.17) is 5.73 Å². The fraction of sp³-hybridized carbons (Fsp3) is 0.368. The molecule has 0 saturated carbocycles. The normalized spacial score (nSPS) is 12.6. The maximum Gasteiger partial charge on any atom is 0.0390 e.